The van der Waals surface area contributed by atoms with Crippen LogP contribution in [0.3, 0.4) is 0 Å². The Morgan fingerprint density at radius 2 is 2.13 bits per heavy atom. The van der Waals surface area contributed by atoms with Gasteiger partial charge in [0, 0.05) is 31.0 Å². The number of nitrogens with one attached hydrogen (secondary N) is 1. The smallest absolute Gasteiger partial charge is 0.0644 e. The minimum absolute atomic E-state index is 0.200. The van der Waals surface area contributed by atoms with E-state index in [0.29, 0.717) is 0 Å². The zero-order chi connectivity index (χ0) is 11.4. The summed E-state index contributed by atoms with van der Waals surface area (Å²) >= 11 is 0. The molecular weight excluding hydrogens is 190 g/mol. The molecule has 0 aliphatic carbocycles. The maximum atomic E-state index is 9.05. The SMILES string of the molecule is CCNC(CCO)c1c(C)nn(C)c1C. The normalized spacial score (nSPS) is 13.1. The Labute approximate surface area is 91.3 Å². The van der Waals surface area contributed by atoms with E-state index in [4.69, 9.17) is 5.11 Å². The summed E-state index contributed by atoms with van der Waals surface area (Å²) in [6, 6.07) is 0.216. The predicted molar refractivity (Wildman–Crippen MR) is 60.8 cm³/mol. The Hall–Kier alpha value is -0.870. The molecule has 1 rings (SSSR count). The van der Waals surface area contributed by atoms with Crippen LogP contribution in [0.2, 0.25) is 0 Å². The summed E-state index contributed by atoms with van der Waals surface area (Å²) in [6.45, 7) is 7.26. The molecule has 0 radical (unpaired) electrons. The van der Waals surface area contributed by atoms with E-state index in [-0.39, 0.29) is 12.6 Å². The van der Waals surface area contributed by atoms with Gasteiger partial charge >= 0.3 is 0 Å². The van der Waals surface area contributed by atoms with Crippen LogP contribution in [-0.2, 0) is 7.05 Å². The molecule has 1 aromatic rings. The topological polar surface area (TPSA) is 50.1 Å². The Kier molecular flexibility index (Phi) is 4.29. The van der Waals surface area contributed by atoms with Crippen LogP contribution in [-0.4, -0.2) is 28.0 Å². The second-order valence-electron chi connectivity index (χ2n) is 3.83. The van der Waals surface area contributed by atoms with Crippen molar-refractivity contribution in [3.05, 3.63) is 17.0 Å². The van der Waals surface area contributed by atoms with Gasteiger partial charge in [-0.2, -0.15) is 5.10 Å². The lowest BCUT2D eigenvalue weighted by Crippen LogP contribution is -2.23. The summed E-state index contributed by atoms with van der Waals surface area (Å²) in [6.07, 6.45) is 0.737. The lowest BCUT2D eigenvalue weighted by atomic mass is 10.0. The highest BCUT2D eigenvalue weighted by Crippen LogP contribution is 2.23. The summed E-state index contributed by atoms with van der Waals surface area (Å²) in [5.74, 6) is 0. The van der Waals surface area contributed by atoms with Crippen LogP contribution >= 0.6 is 0 Å². The van der Waals surface area contributed by atoms with Crippen LogP contribution in [0.4, 0.5) is 0 Å². The van der Waals surface area contributed by atoms with Gasteiger partial charge in [0.1, 0.15) is 0 Å². The summed E-state index contributed by atoms with van der Waals surface area (Å²) in [7, 11) is 1.95. The maximum Gasteiger partial charge on any atom is 0.0644 e. The fourth-order valence-electron chi connectivity index (χ4n) is 2.02. The molecule has 0 bridgehead atoms. The first kappa shape index (κ1) is 12.2. The monoisotopic (exact) mass is 211 g/mol. The van der Waals surface area contributed by atoms with Crippen molar-refractivity contribution in [3.8, 4) is 0 Å². The fraction of sp³-hybridized carbons (Fsp3) is 0.727. The zero-order valence-corrected chi connectivity index (χ0v) is 10.0. The van der Waals surface area contributed by atoms with Gasteiger partial charge in [0.15, 0.2) is 0 Å². The second-order valence-corrected chi connectivity index (χ2v) is 3.83. The molecule has 0 aliphatic heterocycles. The van der Waals surface area contributed by atoms with Gasteiger partial charge in [0.2, 0.25) is 0 Å². The van der Waals surface area contributed by atoms with Crippen LogP contribution in [0.25, 0.3) is 0 Å². The van der Waals surface area contributed by atoms with E-state index < -0.39 is 0 Å². The number of hydrogen-bond acceptors (Lipinski definition) is 3. The van der Waals surface area contributed by atoms with Gasteiger partial charge in [-0.15, -0.1) is 0 Å². The maximum absolute atomic E-state index is 9.05. The molecule has 2 N–H and O–H groups in total. The summed E-state index contributed by atoms with van der Waals surface area (Å²) < 4.78 is 1.90. The fourth-order valence-corrected chi connectivity index (χ4v) is 2.02. The molecule has 4 heteroatoms. The van der Waals surface area contributed by atoms with Crippen molar-refractivity contribution < 1.29 is 5.11 Å². The van der Waals surface area contributed by atoms with Crippen LogP contribution < -0.4 is 5.32 Å². The second kappa shape index (κ2) is 5.28. The molecule has 0 saturated carbocycles. The minimum atomic E-state index is 0.200. The molecule has 0 spiro atoms. The van der Waals surface area contributed by atoms with Gasteiger partial charge in [-0.3, -0.25) is 4.68 Å². The molecule has 15 heavy (non-hydrogen) atoms. The summed E-state index contributed by atoms with van der Waals surface area (Å²) in [4.78, 5) is 0. The summed E-state index contributed by atoms with van der Waals surface area (Å²) in [5, 5.41) is 16.8. The molecule has 1 aromatic heterocycles. The predicted octanol–water partition coefficient (Wildman–Crippen LogP) is 1.07. The van der Waals surface area contributed by atoms with Crippen molar-refractivity contribution >= 4 is 0 Å². The Morgan fingerprint density at radius 1 is 1.47 bits per heavy atom. The van der Waals surface area contributed by atoms with E-state index in [1.807, 2.05) is 18.7 Å². The highest BCUT2D eigenvalue weighted by atomic mass is 16.3. The number of aliphatic hydroxyl groups is 1. The first-order valence-electron chi connectivity index (χ1n) is 5.46. The largest absolute Gasteiger partial charge is 0.396 e. The van der Waals surface area contributed by atoms with Crippen molar-refractivity contribution in [1.82, 2.24) is 15.1 Å². The van der Waals surface area contributed by atoms with Crippen molar-refractivity contribution in [2.45, 2.75) is 33.2 Å². The number of aryl methyl sites for hydroxylation is 2. The third-order valence-electron chi connectivity index (χ3n) is 2.78. The molecule has 1 unspecified atom stereocenters. The Bertz CT molecular complexity index is 314. The van der Waals surface area contributed by atoms with Gasteiger partial charge in [-0.05, 0) is 26.8 Å². The van der Waals surface area contributed by atoms with Gasteiger partial charge in [-0.1, -0.05) is 6.92 Å². The highest BCUT2D eigenvalue weighted by Gasteiger charge is 2.18. The lowest BCUT2D eigenvalue weighted by Gasteiger charge is -2.17. The molecule has 0 amide bonds. The van der Waals surface area contributed by atoms with Crippen LogP contribution in [0.15, 0.2) is 0 Å². The zero-order valence-electron chi connectivity index (χ0n) is 10.0. The average molecular weight is 211 g/mol. The molecule has 0 saturated heterocycles. The van der Waals surface area contributed by atoms with Gasteiger partial charge in [-0.25, -0.2) is 0 Å². The van der Waals surface area contributed by atoms with E-state index in [2.05, 4.69) is 24.3 Å². The number of hydrogen-bond donors (Lipinski definition) is 2. The number of nitrogens with zero attached hydrogens (tertiary/aromatic N) is 2. The van der Waals surface area contributed by atoms with E-state index >= 15 is 0 Å². The molecular formula is C11H21N3O. The van der Waals surface area contributed by atoms with Crippen molar-refractivity contribution in [2.75, 3.05) is 13.2 Å². The Morgan fingerprint density at radius 3 is 2.53 bits per heavy atom. The number of aromatic nitrogens is 2. The van der Waals surface area contributed by atoms with Crippen molar-refractivity contribution in [3.63, 3.8) is 0 Å². The minimum Gasteiger partial charge on any atom is -0.396 e. The third-order valence-corrected chi connectivity index (χ3v) is 2.78. The van der Waals surface area contributed by atoms with E-state index in [1.54, 1.807) is 0 Å². The number of rotatable bonds is 5. The van der Waals surface area contributed by atoms with Gasteiger partial charge in [0.05, 0.1) is 5.69 Å². The average Bonchev–Trinajstić information content (AvgIpc) is 2.41. The van der Waals surface area contributed by atoms with E-state index in [9.17, 15) is 0 Å². The van der Waals surface area contributed by atoms with Crippen molar-refractivity contribution in [2.24, 2.45) is 7.05 Å². The van der Waals surface area contributed by atoms with Crippen LogP contribution in [0.5, 0.6) is 0 Å². The van der Waals surface area contributed by atoms with E-state index in [1.165, 1.54) is 11.3 Å². The number of aliphatic hydroxyl groups excluding tert-OH is 1. The molecule has 1 atom stereocenters. The van der Waals surface area contributed by atoms with Gasteiger partial charge < -0.3 is 10.4 Å². The molecule has 86 valence electrons. The first-order chi connectivity index (χ1) is 7.11. The molecule has 1 heterocycles. The van der Waals surface area contributed by atoms with E-state index in [0.717, 1.165) is 18.7 Å². The van der Waals surface area contributed by atoms with Gasteiger partial charge in [0.25, 0.3) is 0 Å². The molecule has 0 aromatic carbocycles. The van der Waals surface area contributed by atoms with Crippen LogP contribution in [0.1, 0.15) is 36.3 Å². The molecule has 0 aliphatic rings. The first-order valence-corrected chi connectivity index (χ1v) is 5.46. The third kappa shape index (κ3) is 2.58. The summed E-state index contributed by atoms with van der Waals surface area (Å²) in [5.41, 5.74) is 3.45. The standard InChI is InChI=1S/C11H21N3O/c1-5-12-10(6-7-15)11-8(2)13-14(4)9(11)3/h10,12,15H,5-7H2,1-4H3. The highest BCUT2D eigenvalue weighted by molar-refractivity contribution is 5.28. The quantitative estimate of drug-likeness (QED) is 0.766. The molecule has 4 nitrogen and oxygen atoms in total. The lowest BCUT2D eigenvalue weighted by molar-refractivity contribution is 0.266. The molecule has 0 fully saturated rings. The van der Waals surface area contributed by atoms with Crippen molar-refractivity contribution in [1.29, 1.82) is 0 Å². The Balaban J connectivity index is 2.98. The van der Waals surface area contributed by atoms with Crippen LogP contribution in [0, 0.1) is 13.8 Å².